The molecule has 2 aromatic heterocycles. The summed E-state index contributed by atoms with van der Waals surface area (Å²) in [6.45, 7) is 7.12. The molecular weight excluding hydrogens is 244 g/mol. The second kappa shape index (κ2) is 5.02. The fraction of sp³-hybridized carbons (Fsp3) is 0.462. The van der Waals surface area contributed by atoms with E-state index in [1.54, 1.807) is 11.3 Å². The highest BCUT2D eigenvalue weighted by Crippen LogP contribution is 2.28. The average molecular weight is 264 g/mol. The Hall–Kier alpha value is -1.49. The molecule has 0 saturated carbocycles. The van der Waals surface area contributed by atoms with Crippen molar-refractivity contribution >= 4 is 22.8 Å². The van der Waals surface area contributed by atoms with Crippen LogP contribution in [0.5, 0.6) is 0 Å². The van der Waals surface area contributed by atoms with Crippen LogP contribution in [0.4, 0.5) is 11.5 Å². The van der Waals surface area contributed by atoms with Gasteiger partial charge in [0.2, 0.25) is 0 Å². The fourth-order valence-electron chi connectivity index (χ4n) is 1.94. The summed E-state index contributed by atoms with van der Waals surface area (Å²) in [6.07, 6.45) is 0. The number of nitrogens with zero attached hydrogens (tertiary/aromatic N) is 2. The Morgan fingerprint density at radius 2 is 2.17 bits per heavy atom. The first kappa shape index (κ1) is 13.0. The highest BCUT2D eigenvalue weighted by atomic mass is 32.1. The summed E-state index contributed by atoms with van der Waals surface area (Å²) in [4.78, 5) is 0. The third-order valence-corrected chi connectivity index (χ3v) is 3.98. The van der Waals surface area contributed by atoms with Crippen molar-refractivity contribution in [3.05, 3.63) is 27.6 Å². The minimum Gasteiger partial charge on any atom is -0.394 e. The molecule has 2 aromatic rings. The molecule has 0 aliphatic rings. The first-order valence-corrected chi connectivity index (χ1v) is 7.03. The molecule has 4 nitrogen and oxygen atoms in total. The van der Waals surface area contributed by atoms with Crippen LogP contribution >= 0.6 is 11.3 Å². The molecule has 0 radical (unpaired) electrons. The Labute approximate surface area is 112 Å². The van der Waals surface area contributed by atoms with Gasteiger partial charge in [0.05, 0.1) is 11.4 Å². The molecule has 0 spiro atoms. The first-order chi connectivity index (χ1) is 8.50. The van der Waals surface area contributed by atoms with Gasteiger partial charge < -0.3 is 11.1 Å². The molecule has 0 aromatic carbocycles. The molecule has 2 rings (SSSR count). The molecule has 5 heteroatoms. The van der Waals surface area contributed by atoms with E-state index in [1.807, 2.05) is 11.7 Å². The molecule has 0 atom stereocenters. The first-order valence-electron chi connectivity index (χ1n) is 6.08. The summed E-state index contributed by atoms with van der Waals surface area (Å²) in [5.74, 6) is 1.25. The average Bonchev–Trinajstić information content (AvgIpc) is 2.82. The molecule has 0 fully saturated rings. The predicted molar refractivity (Wildman–Crippen MR) is 78.1 cm³/mol. The number of rotatable bonds is 4. The second-order valence-corrected chi connectivity index (χ2v) is 5.60. The van der Waals surface area contributed by atoms with Crippen LogP contribution in [-0.4, -0.2) is 9.78 Å². The van der Waals surface area contributed by atoms with Crippen molar-refractivity contribution < 1.29 is 0 Å². The highest BCUT2D eigenvalue weighted by Gasteiger charge is 2.15. The largest absolute Gasteiger partial charge is 0.394 e. The van der Waals surface area contributed by atoms with Crippen molar-refractivity contribution in [2.45, 2.75) is 33.2 Å². The van der Waals surface area contributed by atoms with Gasteiger partial charge >= 0.3 is 0 Å². The quantitative estimate of drug-likeness (QED) is 0.892. The maximum Gasteiger partial charge on any atom is 0.148 e. The molecule has 0 unspecified atom stereocenters. The van der Waals surface area contributed by atoms with Gasteiger partial charge in [0, 0.05) is 13.6 Å². The van der Waals surface area contributed by atoms with Crippen molar-refractivity contribution in [3.63, 3.8) is 0 Å². The summed E-state index contributed by atoms with van der Waals surface area (Å²) in [6, 6.07) is 0. The number of nitrogen functional groups attached to an aromatic ring is 1. The van der Waals surface area contributed by atoms with E-state index in [1.165, 1.54) is 11.1 Å². The van der Waals surface area contributed by atoms with Crippen LogP contribution in [0.3, 0.4) is 0 Å². The molecule has 18 heavy (non-hydrogen) atoms. The minimum absolute atomic E-state index is 0.342. The third kappa shape index (κ3) is 2.36. The van der Waals surface area contributed by atoms with Crippen molar-refractivity contribution in [3.8, 4) is 0 Å². The van der Waals surface area contributed by atoms with Gasteiger partial charge in [-0.2, -0.15) is 16.4 Å². The number of thiophene rings is 1. The monoisotopic (exact) mass is 264 g/mol. The normalized spacial score (nSPS) is 11.2. The number of nitrogens with one attached hydrogen (secondary N) is 1. The highest BCUT2D eigenvalue weighted by molar-refractivity contribution is 7.08. The van der Waals surface area contributed by atoms with Gasteiger partial charge in [-0.1, -0.05) is 13.8 Å². The molecule has 0 aliphatic carbocycles. The lowest BCUT2D eigenvalue weighted by molar-refractivity contribution is 0.715. The molecule has 2 heterocycles. The Kier molecular flexibility index (Phi) is 3.61. The van der Waals surface area contributed by atoms with E-state index in [0.29, 0.717) is 5.92 Å². The lowest BCUT2D eigenvalue weighted by Gasteiger charge is -2.07. The van der Waals surface area contributed by atoms with Crippen molar-refractivity contribution in [1.82, 2.24) is 9.78 Å². The standard InChI is InChI=1S/C13H20N4S/c1-8(2)12-11(14)13(17(4)16-12)15-5-10-7-18-6-9(10)3/h6-8,15H,5,14H2,1-4H3. The predicted octanol–water partition coefficient (Wildman–Crippen LogP) is 3.11. The Balaban J connectivity index is 2.17. The minimum atomic E-state index is 0.342. The van der Waals surface area contributed by atoms with Gasteiger partial charge in [-0.25, -0.2) is 0 Å². The molecule has 0 saturated heterocycles. The van der Waals surface area contributed by atoms with Crippen LogP contribution in [0.2, 0.25) is 0 Å². The topological polar surface area (TPSA) is 55.9 Å². The Bertz CT molecular complexity index is 539. The molecular formula is C13H20N4S. The van der Waals surface area contributed by atoms with Gasteiger partial charge in [-0.15, -0.1) is 0 Å². The Morgan fingerprint density at radius 3 is 2.67 bits per heavy atom. The van der Waals surface area contributed by atoms with Gasteiger partial charge in [-0.05, 0) is 34.7 Å². The van der Waals surface area contributed by atoms with Gasteiger partial charge in [0.15, 0.2) is 0 Å². The number of hydrogen-bond donors (Lipinski definition) is 2. The van der Waals surface area contributed by atoms with E-state index < -0.39 is 0 Å². The zero-order valence-electron chi connectivity index (χ0n) is 11.3. The lowest BCUT2D eigenvalue weighted by Crippen LogP contribution is -2.06. The van der Waals surface area contributed by atoms with Gasteiger partial charge in [0.1, 0.15) is 5.82 Å². The van der Waals surface area contributed by atoms with Crippen LogP contribution in [0.1, 0.15) is 36.6 Å². The Morgan fingerprint density at radius 1 is 1.44 bits per heavy atom. The molecule has 0 aliphatic heterocycles. The van der Waals surface area contributed by atoms with E-state index in [4.69, 9.17) is 5.73 Å². The van der Waals surface area contributed by atoms with Crippen molar-refractivity contribution in [2.24, 2.45) is 7.05 Å². The van der Waals surface area contributed by atoms with E-state index in [-0.39, 0.29) is 0 Å². The zero-order valence-corrected chi connectivity index (χ0v) is 12.1. The zero-order chi connectivity index (χ0) is 13.3. The summed E-state index contributed by atoms with van der Waals surface area (Å²) < 4.78 is 1.83. The second-order valence-electron chi connectivity index (χ2n) is 4.86. The molecule has 0 bridgehead atoms. The van der Waals surface area contributed by atoms with E-state index in [2.05, 4.69) is 41.9 Å². The number of anilines is 2. The summed E-state index contributed by atoms with van der Waals surface area (Å²) in [5, 5.41) is 12.2. The number of nitrogens with two attached hydrogens (primary N) is 1. The van der Waals surface area contributed by atoms with Crippen LogP contribution < -0.4 is 11.1 Å². The fourth-order valence-corrected chi connectivity index (χ4v) is 2.80. The molecule has 0 amide bonds. The maximum atomic E-state index is 6.14. The van der Waals surface area contributed by atoms with Crippen molar-refractivity contribution in [1.29, 1.82) is 0 Å². The number of aromatic nitrogens is 2. The van der Waals surface area contributed by atoms with Crippen LogP contribution in [0.15, 0.2) is 10.8 Å². The van der Waals surface area contributed by atoms with Gasteiger partial charge in [-0.3, -0.25) is 4.68 Å². The summed E-state index contributed by atoms with van der Waals surface area (Å²) in [5.41, 5.74) is 10.5. The van der Waals surface area contributed by atoms with E-state index in [0.717, 1.165) is 23.7 Å². The number of hydrogen-bond acceptors (Lipinski definition) is 4. The SMILES string of the molecule is Cc1cscc1CNc1c(N)c(C(C)C)nn1C. The molecule has 3 N–H and O–H groups in total. The van der Waals surface area contributed by atoms with Crippen LogP contribution in [0.25, 0.3) is 0 Å². The van der Waals surface area contributed by atoms with Gasteiger partial charge in [0.25, 0.3) is 0 Å². The van der Waals surface area contributed by atoms with E-state index in [9.17, 15) is 0 Å². The summed E-state index contributed by atoms with van der Waals surface area (Å²) >= 11 is 1.73. The van der Waals surface area contributed by atoms with E-state index >= 15 is 0 Å². The third-order valence-electron chi connectivity index (χ3n) is 3.07. The van der Waals surface area contributed by atoms with Crippen LogP contribution in [0, 0.1) is 6.92 Å². The van der Waals surface area contributed by atoms with Crippen molar-refractivity contribution in [2.75, 3.05) is 11.1 Å². The number of aryl methyl sites for hydroxylation is 2. The summed E-state index contributed by atoms with van der Waals surface area (Å²) in [7, 11) is 1.92. The smallest absolute Gasteiger partial charge is 0.148 e. The maximum absolute atomic E-state index is 6.14. The molecule has 98 valence electrons. The van der Waals surface area contributed by atoms with Crippen LogP contribution in [-0.2, 0) is 13.6 Å². The lowest BCUT2D eigenvalue weighted by atomic mass is 10.1.